The Bertz CT molecular complexity index is 646. The third-order valence-corrected chi connectivity index (χ3v) is 10.5. The van der Waals surface area contributed by atoms with Crippen LogP contribution in [0, 0.1) is 3.57 Å². The van der Waals surface area contributed by atoms with Crippen LogP contribution in [0.15, 0.2) is 24.3 Å². The van der Waals surface area contributed by atoms with Gasteiger partial charge in [-0.2, -0.15) is 0 Å². The number of carbonyl (C=O) groups excluding carboxylic acids is 4. The van der Waals surface area contributed by atoms with Gasteiger partial charge in [-0.25, -0.2) is 0 Å². The summed E-state index contributed by atoms with van der Waals surface area (Å²) < 4.78 is 20.5. The van der Waals surface area contributed by atoms with Crippen LogP contribution in [0.4, 0.5) is 0 Å². The molecular formula is C13H18I2O8. The molecule has 0 N–H and O–H groups in total. The third-order valence-electron chi connectivity index (χ3n) is 2.35. The van der Waals surface area contributed by atoms with Gasteiger partial charge in [0, 0.05) is 0 Å². The molecule has 0 fully saturated rings. The zero-order valence-corrected chi connectivity index (χ0v) is 18.9. The van der Waals surface area contributed by atoms with Gasteiger partial charge >= 0.3 is 152 Å². The second-order valence-corrected chi connectivity index (χ2v) is 11.1. The molecule has 1 aliphatic rings. The van der Waals surface area contributed by atoms with Crippen LogP contribution in [0.2, 0.25) is 0 Å². The Hall–Kier alpha value is -1.44. The van der Waals surface area contributed by atoms with E-state index in [1.807, 2.05) is 0 Å². The van der Waals surface area contributed by atoms with Gasteiger partial charge in [-0.05, 0) is 0 Å². The molecule has 0 atom stereocenters. The number of carbonyl (C=O) groups is 4. The van der Waals surface area contributed by atoms with E-state index in [-0.39, 0.29) is 33.1 Å². The number of fused-ring (bicyclic) bond motifs is 1. The summed E-state index contributed by atoms with van der Waals surface area (Å²) in [4.78, 5) is 46.7. The van der Waals surface area contributed by atoms with Gasteiger partial charge in [-0.15, -0.1) is 0 Å². The standard InChI is InChI=1S/C13H13IO8.HI/c1-8(15)19-14(20-9(2)16,21-10(3)17)12-7-5-4-6-11(12)13(18)22-14;/h4-7H,1-3H3;1H. The van der Waals surface area contributed by atoms with Crippen molar-refractivity contribution in [2.45, 2.75) is 20.8 Å². The molecule has 132 valence electrons. The van der Waals surface area contributed by atoms with Crippen molar-refractivity contribution in [1.82, 2.24) is 0 Å². The minimum absolute atomic E-state index is 0. The first-order valence-corrected chi connectivity index (χ1v) is 10.6. The molecule has 0 unspecified atom stereocenters. The van der Waals surface area contributed by atoms with Gasteiger partial charge < -0.3 is 0 Å². The van der Waals surface area contributed by atoms with Gasteiger partial charge in [0.1, 0.15) is 0 Å². The maximum absolute atomic E-state index is 12.1. The van der Waals surface area contributed by atoms with Crippen molar-refractivity contribution in [3.8, 4) is 0 Å². The molecule has 23 heavy (non-hydrogen) atoms. The first kappa shape index (κ1) is 19.6. The summed E-state index contributed by atoms with van der Waals surface area (Å²) in [6.45, 7) is 3.07. The molecule has 0 saturated heterocycles. The Morgan fingerprint density at radius 2 is 1.35 bits per heavy atom. The van der Waals surface area contributed by atoms with Crippen LogP contribution in [0.5, 0.6) is 0 Å². The fraction of sp³-hybridized carbons (Fsp3) is 0.231. The summed E-state index contributed by atoms with van der Waals surface area (Å²) >= 11 is -6.03. The summed E-state index contributed by atoms with van der Waals surface area (Å²) in [5, 5.41) is 0. The summed E-state index contributed by atoms with van der Waals surface area (Å²) in [5.74, 6) is -3.64. The average Bonchev–Trinajstić information content (AvgIpc) is 2.57. The van der Waals surface area contributed by atoms with E-state index < -0.39 is 42.6 Å². The minimum atomic E-state index is -6.03. The molecule has 2 rings (SSSR count). The summed E-state index contributed by atoms with van der Waals surface area (Å²) in [6, 6.07) is 5.81. The molecule has 1 aromatic carbocycles. The molecule has 8 nitrogen and oxygen atoms in total. The van der Waals surface area contributed by atoms with E-state index in [2.05, 4.69) is 0 Å². The molecule has 10 heteroatoms. The number of hydrogen-bond acceptors (Lipinski definition) is 8. The maximum atomic E-state index is 12.1. The topological polar surface area (TPSA) is 105 Å². The molecule has 0 amide bonds. The summed E-state index contributed by atoms with van der Waals surface area (Å²) in [6.07, 6.45) is 0. The van der Waals surface area contributed by atoms with Crippen LogP contribution in [-0.4, -0.2) is 23.9 Å². The Morgan fingerprint density at radius 1 is 0.913 bits per heavy atom. The number of rotatable bonds is 3. The Morgan fingerprint density at radius 3 is 1.78 bits per heavy atom. The van der Waals surface area contributed by atoms with Crippen LogP contribution < -0.4 is 0 Å². The van der Waals surface area contributed by atoms with Crippen molar-refractivity contribution in [3.05, 3.63) is 33.4 Å². The Labute approximate surface area is 151 Å². The molecule has 1 aromatic rings. The third kappa shape index (κ3) is 3.41. The van der Waals surface area contributed by atoms with Crippen molar-refractivity contribution >= 4 is 66.6 Å². The monoisotopic (exact) mass is 556 g/mol. The SMILES string of the molecule is CC(=O)OI1(OC(C)=O)(OC(C)=O)OC(=O)c2ccccc21.[IH5]. The van der Waals surface area contributed by atoms with E-state index in [1.165, 1.54) is 18.2 Å². The normalized spacial score (nSPS) is 18.0. The first-order valence-electron chi connectivity index (χ1n) is 6.02. The predicted octanol–water partition coefficient (Wildman–Crippen LogP) is 1.50. The van der Waals surface area contributed by atoms with Crippen molar-refractivity contribution in [2.24, 2.45) is 0 Å². The molecule has 0 aliphatic carbocycles. The number of hydrogen-bond donors (Lipinski definition) is 0. The second-order valence-electron chi connectivity index (χ2n) is 4.24. The molecule has 0 bridgehead atoms. The van der Waals surface area contributed by atoms with Crippen molar-refractivity contribution in [1.29, 1.82) is 0 Å². The van der Waals surface area contributed by atoms with Gasteiger partial charge in [-0.1, -0.05) is 0 Å². The summed E-state index contributed by atoms with van der Waals surface area (Å²) in [7, 11) is 0. The van der Waals surface area contributed by atoms with Gasteiger partial charge in [0.2, 0.25) is 0 Å². The van der Waals surface area contributed by atoms with Crippen LogP contribution in [-0.2, 0) is 26.6 Å². The average molecular weight is 556 g/mol. The zero-order chi connectivity index (χ0) is 16.6. The van der Waals surface area contributed by atoms with Crippen LogP contribution in [0.1, 0.15) is 31.1 Å². The Balaban J connectivity index is 0.00000264. The van der Waals surface area contributed by atoms with E-state index in [1.54, 1.807) is 6.07 Å². The van der Waals surface area contributed by atoms with Crippen LogP contribution in [0.25, 0.3) is 0 Å². The molecule has 0 radical (unpaired) electrons. The fourth-order valence-electron chi connectivity index (χ4n) is 1.88. The molecular weight excluding hydrogens is 538 g/mol. The van der Waals surface area contributed by atoms with E-state index in [0.29, 0.717) is 0 Å². The molecule has 0 saturated carbocycles. The van der Waals surface area contributed by atoms with Gasteiger partial charge in [0.15, 0.2) is 0 Å². The molecule has 0 spiro atoms. The molecule has 0 aromatic heterocycles. The van der Waals surface area contributed by atoms with Crippen LogP contribution in [0.3, 0.4) is 0 Å². The van der Waals surface area contributed by atoms with Crippen molar-refractivity contribution in [3.63, 3.8) is 0 Å². The predicted molar refractivity (Wildman–Crippen MR) is 101 cm³/mol. The Kier molecular flexibility index (Phi) is 5.61. The van der Waals surface area contributed by atoms with Crippen molar-refractivity contribution < 1.29 is 31.4 Å². The van der Waals surface area contributed by atoms with E-state index in [0.717, 1.165) is 20.8 Å². The fourth-order valence-corrected chi connectivity index (χ4v) is 9.65. The number of halogens is 2. The number of benzene rings is 1. The van der Waals surface area contributed by atoms with Gasteiger partial charge in [0.05, 0.1) is 0 Å². The zero-order valence-electron chi connectivity index (χ0n) is 12.7. The van der Waals surface area contributed by atoms with E-state index in [9.17, 15) is 19.2 Å². The van der Waals surface area contributed by atoms with Gasteiger partial charge in [0.25, 0.3) is 0 Å². The van der Waals surface area contributed by atoms with E-state index in [4.69, 9.17) is 12.3 Å². The van der Waals surface area contributed by atoms with Gasteiger partial charge in [-0.3, -0.25) is 0 Å². The van der Waals surface area contributed by atoms with Crippen LogP contribution >= 0.6 is 42.7 Å². The first-order chi connectivity index (χ1) is 10.2. The van der Waals surface area contributed by atoms with Crippen molar-refractivity contribution in [2.75, 3.05) is 0 Å². The quantitative estimate of drug-likeness (QED) is 0.517. The molecule has 1 heterocycles. The van der Waals surface area contributed by atoms with E-state index >= 15 is 0 Å². The second kappa shape index (κ2) is 6.59. The molecule has 1 aliphatic heterocycles. The summed E-state index contributed by atoms with van der Waals surface area (Å²) in [5.41, 5.74) is 0.0142.